The Morgan fingerprint density at radius 2 is 1.80 bits per heavy atom. The monoisotopic (exact) mass is 410 g/mol. The number of hydrogen-bond donors (Lipinski definition) is 1. The van der Waals surface area contributed by atoms with Crippen molar-refractivity contribution in [3.8, 4) is 5.75 Å². The maximum atomic E-state index is 12.1. The first kappa shape index (κ1) is 15.1. The molecule has 0 saturated heterocycles. The zero-order valence-corrected chi connectivity index (χ0v) is 12.9. The van der Waals surface area contributed by atoms with Gasteiger partial charge >= 0.3 is 6.36 Å². The van der Waals surface area contributed by atoms with E-state index in [0.717, 1.165) is 4.47 Å². The molecule has 2 aromatic rings. The van der Waals surface area contributed by atoms with Crippen LogP contribution in [-0.4, -0.2) is 11.3 Å². The molecule has 0 fully saturated rings. The van der Waals surface area contributed by atoms with Gasteiger partial charge < -0.3 is 10.1 Å². The fraction of sp³-hybridized carbons (Fsp3) is 0.0833. The molecule has 0 atom stereocenters. The van der Waals surface area contributed by atoms with Crippen molar-refractivity contribution in [1.82, 2.24) is 4.98 Å². The standard InChI is InChI=1S/C12H7Br2F3N2O/c13-7-3-9(6-18-5-7)19-8-1-2-11(10(14)4-8)20-12(15,16)17/h1-6,19H. The van der Waals surface area contributed by atoms with Gasteiger partial charge in [0.05, 0.1) is 16.4 Å². The van der Waals surface area contributed by atoms with Crippen LogP contribution in [0.2, 0.25) is 0 Å². The van der Waals surface area contributed by atoms with Gasteiger partial charge in [0, 0.05) is 16.4 Å². The molecule has 1 aromatic heterocycles. The second-order valence-electron chi connectivity index (χ2n) is 3.71. The molecule has 0 amide bonds. The Hall–Kier alpha value is -1.28. The predicted molar refractivity (Wildman–Crippen MR) is 76.0 cm³/mol. The van der Waals surface area contributed by atoms with Crippen LogP contribution in [0.1, 0.15) is 0 Å². The number of alkyl halides is 3. The molecule has 20 heavy (non-hydrogen) atoms. The van der Waals surface area contributed by atoms with Crippen LogP contribution in [0.5, 0.6) is 5.75 Å². The Balaban J connectivity index is 2.17. The van der Waals surface area contributed by atoms with E-state index in [2.05, 4.69) is 46.9 Å². The van der Waals surface area contributed by atoms with Crippen LogP contribution in [0.4, 0.5) is 24.5 Å². The minimum absolute atomic E-state index is 0.197. The smallest absolute Gasteiger partial charge is 0.405 e. The second kappa shape index (κ2) is 6.01. The van der Waals surface area contributed by atoms with E-state index in [4.69, 9.17) is 0 Å². The van der Waals surface area contributed by atoms with Crippen molar-refractivity contribution < 1.29 is 17.9 Å². The van der Waals surface area contributed by atoms with Gasteiger partial charge in [-0.1, -0.05) is 0 Å². The van der Waals surface area contributed by atoms with Crippen molar-refractivity contribution in [3.63, 3.8) is 0 Å². The molecule has 0 radical (unpaired) electrons. The topological polar surface area (TPSA) is 34.1 Å². The van der Waals surface area contributed by atoms with Crippen LogP contribution in [0.25, 0.3) is 0 Å². The highest BCUT2D eigenvalue weighted by molar-refractivity contribution is 9.10. The predicted octanol–water partition coefficient (Wildman–Crippen LogP) is 5.25. The quantitative estimate of drug-likeness (QED) is 0.749. The van der Waals surface area contributed by atoms with E-state index >= 15 is 0 Å². The number of ether oxygens (including phenoxy) is 1. The molecule has 0 aliphatic carbocycles. The lowest BCUT2D eigenvalue weighted by Crippen LogP contribution is -2.17. The van der Waals surface area contributed by atoms with E-state index in [1.807, 2.05) is 0 Å². The van der Waals surface area contributed by atoms with Crippen molar-refractivity contribution in [2.24, 2.45) is 0 Å². The van der Waals surface area contributed by atoms with Crippen LogP contribution in [0, 0.1) is 0 Å². The molecule has 1 aromatic carbocycles. The van der Waals surface area contributed by atoms with Gasteiger partial charge in [0.1, 0.15) is 5.75 Å². The van der Waals surface area contributed by atoms with E-state index in [1.165, 1.54) is 18.2 Å². The number of benzene rings is 1. The molecule has 106 valence electrons. The Morgan fingerprint density at radius 1 is 1.05 bits per heavy atom. The molecule has 0 bridgehead atoms. The summed E-state index contributed by atoms with van der Waals surface area (Å²) >= 11 is 6.32. The van der Waals surface area contributed by atoms with Crippen molar-refractivity contribution in [1.29, 1.82) is 0 Å². The Bertz CT molecular complexity index is 620. The number of pyridine rings is 1. The molecular weight excluding hydrogens is 405 g/mol. The van der Waals surface area contributed by atoms with E-state index in [9.17, 15) is 13.2 Å². The maximum Gasteiger partial charge on any atom is 0.573 e. The molecule has 1 heterocycles. The van der Waals surface area contributed by atoms with Crippen LogP contribution in [0.3, 0.4) is 0 Å². The molecule has 8 heteroatoms. The second-order valence-corrected chi connectivity index (χ2v) is 5.48. The lowest BCUT2D eigenvalue weighted by atomic mass is 10.3. The average Bonchev–Trinajstić information content (AvgIpc) is 2.31. The summed E-state index contributed by atoms with van der Waals surface area (Å²) in [6.45, 7) is 0. The lowest BCUT2D eigenvalue weighted by molar-refractivity contribution is -0.274. The first-order chi connectivity index (χ1) is 9.33. The van der Waals surface area contributed by atoms with Gasteiger partial charge in [0.25, 0.3) is 0 Å². The Kier molecular flexibility index (Phi) is 4.54. The van der Waals surface area contributed by atoms with Gasteiger partial charge in [-0.25, -0.2) is 0 Å². The zero-order valence-electron chi connectivity index (χ0n) is 9.71. The molecule has 0 unspecified atom stereocenters. The van der Waals surface area contributed by atoms with Gasteiger partial charge in [-0.2, -0.15) is 0 Å². The van der Waals surface area contributed by atoms with E-state index in [-0.39, 0.29) is 10.2 Å². The molecular formula is C12H7Br2F3N2O. The van der Waals surface area contributed by atoms with Gasteiger partial charge in [-0.15, -0.1) is 13.2 Å². The average molecular weight is 412 g/mol. The fourth-order valence-corrected chi connectivity index (χ4v) is 2.26. The Morgan fingerprint density at radius 3 is 2.40 bits per heavy atom. The van der Waals surface area contributed by atoms with Crippen LogP contribution in [0.15, 0.2) is 45.6 Å². The van der Waals surface area contributed by atoms with Crippen LogP contribution < -0.4 is 10.1 Å². The summed E-state index contributed by atoms with van der Waals surface area (Å²) in [4.78, 5) is 3.97. The van der Waals surface area contributed by atoms with Crippen molar-refractivity contribution in [2.45, 2.75) is 6.36 Å². The normalized spacial score (nSPS) is 11.2. The number of nitrogens with zero attached hydrogens (tertiary/aromatic N) is 1. The number of halogens is 5. The zero-order chi connectivity index (χ0) is 14.8. The summed E-state index contributed by atoms with van der Waals surface area (Å²) in [5.41, 5.74) is 1.31. The number of anilines is 2. The lowest BCUT2D eigenvalue weighted by Gasteiger charge is -2.12. The van der Waals surface area contributed by atoms with Gasteiger partial charge in [0.2, 0.25) is 0 Å². The summed E-state index contributed by atoms with van der Waals surface area (Å²) in [6.07, 6.45) is -1.49. The third-order valence-electron chi connectivity index (χ3n) is 2.15. The number of aromatic nitrogens is 1. The molecule has 0 aliphatic rings. The highest BCUT2D eigenvalue weighted by Gasteiger charge is 2.31. The van der Waals surface area contributed by atoms with Gasteiger partial charge in [0.15, 0.2) is 0 Å². The summed E-state index contributed by atoms with van der Waals surface area (Å²) < 4.78 is 41.3. The summed E-state index contributed by atoms with van der Waals surface area (Å²) in [7, 11) is 0. The minimum atomic E-state index is -4.72. The van der Waals surface area contributed by atoms with Crippen molar-refractivity contribution >= 4 is 43.2 Å². The molecule has 3 nitrogen and oxygen atoms in total. The first-order valence-electron chi connectivity index (χ1n) is 5.26. The van der Waals surface area contributed by atoms with E-state index < -0.39 is 6.36 Å². The molecule has 1 N–H and O–H groups in total. The highest BCUT2D eigenvalue weighted by atomic mass is 79.9. The highest BCUT2D eigenvalue weighted by Crippen LogP contribution is 2.33. The number of rotatable bonds is 3. The SMILES string of the molecule is FC(F)(F)Oc1ccc(Nc2cncc(Br)c2)cc1Br. The maximum absolute atomic E-state index is 12.1. The third kappa shape index (κ3) is 4.38. The Labute approximate surface area is 129 Å². The van der Waals surface area contributed by atoms with Crippen molar-refractivity contribution in [3.05, 3.63) is 45.6 Å². The van der Waals surface area contributed by atoms with Crippen molar-refractivity contribution in [2.75, 3.05) is 5.32 Å². The summed E-state index contributed by atoms with van der Waals surface area (Å²) in [5.74, 6) is -0.296. The number of hydrogen-bond acceptors (Lipinski definition) is 3. The minimum Gasteiger partial charge on any atom is -0.405 e. The first-order valence-corrected chi connectivity index (χ1v) is 6.85. The van der Waals surface area contributed by atoms with Crippen LogP contribution in [-0.2, 0) is 0 Å². The van der Waals surface area contributed by atoms with E-state index in [1.54, 1.807) is 18.5 Å². The van der Waals surface area contributed by atoms with Crippen LogP contribution >= 0.6 is 31.9 Å². The number of nitrogens with one attached hydrogen (secondary N) is 1. The molecule has 0 aliphatic heterocycles. The summed E-state index contributed by atoms with van der Waals surface area (Å²) in [5, 5.41) is 3.02. The largest absolute Gasteiger partial charge is 0.573 e. The third-order valence-corrected chi connectivity index (χ3v) is 3.20. The molecule has 2 rings (SSSR count). The van der Waals surface area contributed by atoms with Gasteiger partial charge in [-0.3, -0.25) is 4.98 Å². The molecule has 0 spiro atoms. The van der Waals surface area contributed by atoms with E-state index in [0.29, 0.717) is 11.4 Å². The summed E-state index contributed by atoms with van der Waals surface area (Å²) in [6, 6.07) is 5.99. The fourth-order valence-electron chi connectivity index (χ4n) is 1.43. The molecule has 0 saturated carbocycles. The van der Waals surface area contributed by atoms with Gasteiger partial charge in [-0.05, 0) is 56.1 Å².